The van der Waals surface area contributed by atoms with Crippen LogP contribution in [0.5, 0.6) is 11.5 Å². The van der Waals surface area contributed by atoms with Crippen LogP contribution in [-0.2, 0) is 0 Å². The van der Waals surface area contributed by atoms with Crippen LogP contribution >= 0.6 is 0 Å². The molecule has 0 bridgehead atoms. The van der Waals surface area contributed by atoms with Crippen LogP contribution in [0.25, 0.3) is 0 Å². The summed E-state index contributed by atoms with van der Waals surface area (Å²) >= 11 is 0. The van der Waals surface area contributed by atoms with Crippen molar-refractivity contribution in [1.29, 1.82) is 0 Å². The highest BCUT2D eigenvalue weighted by Crippen LogP contribution is 2.30. The summed E-state index contributed by atoms with van der Waals surface area (Å²) in [7, 11) is 0. The number of nitrogens with one attached hydrogen (secondary N) is 1. The SMILES string of the molecule is Cc1ccc(Oc2ccccc2NC(=O)c2ccccc2[N+](=O)[O-])cc1. The molecule has 1 N–H and O–H groups in total. The summed E-state index contributed by atoms with van der Waals surface area (Å²) in [5.74, 6) is 0.503. The van der Waals surface area contributed by atoms with Crippen LogP contribution < -0.4 is 10.1 Å². The van der Waals surface area contributed by atoms with Gasteiger partial charge < -0.3 is 10.1 Å². The molecular weight excluding hydrogens is 332 g/mol. The highest BCUT2D eigenvalue weighted by atomic mass is 16.6. The summed E-state index contributed by atoms with van der Waals surface area (Å²) in [4.78, 5) is 23.1. The second-order valence-corrected chi connectivity index (χ2v) is 5.64. The molecule has 0 aliphatic heterocycles. The number of amides is 1. The van der Waals surface area contributed by atoms with Crippen LogP contribution in [0.1, 0.15) is 15.9 Å². The van der Waals surface area contributed by atoms with Crippen molar-refractivity contribution in [2.45, 2.75) is 6.92 Å². The van der Waals surface area contributed by atoms with Crippen molar-refractivity contribution in [3.05, 3.63) is 94.0 Å². The molecule has 0 heterocycles. The molecule has 6 heteroatoms. The van der Waals surface area contributed by atoms with Gasteiger partial charge in [-0.2, -0.15) is 0 Å². The molecule has 0 aromatic heterocycles. The third-order valence-corrected chi connectivity index (χ3v) is 3.73. The van der Waals surface area contributed by atoms with Gasteiger partial charge in [0, 0.05) is 6.07 Å². The number of hydrogen-bond donors (Lipinski definition) is 1. The average molecular weight is 348 g/mol. The van der Waals surface area contributed by atoms with Gasteiger partial charge in [-0.1, -0.05) is 42.0 Å². The van der Waals surface area contributed by atoms with Gasteiger partial charge in [0.05, 0.1) is 10.6 Å². The second kappa shape index (κ2) is 7.48. The number of nitro groups is 1. The third-order valence-electron chi connectivity index (χ3n) is 3.73. The lowest BCUT2D eigenvalue weighted by molar-refractivity contribution is -0.385. The molecule has 1 amide bonds. The molecule has 3 aromatic rings. The van der Waals surface area contributed by atoms with Crippen LogP contribution in [0, 0.1) is 17.0 Å². The minimum Gasteiger partial charge on any atom is -0.455 e. The fourth-order valence-corrected chi connectivity index (χ4v) is 2.41. The van der Waals surface area contributed by atoms with Gasteiger partial charge in [-0.15, -0.1) is 0 Å². The standard InChI is InChI=1S/C20H16N2O4/c1-14-10-12-15(13-11-14)26-19-9-5-3-7-17(19)21-20(23)16-6-2-4-8-18(16)22(24)25/h2-13H,1H3,(H,21,23). The van der Waals surface area contributed by atoms with E-state index in [1.807, 2.05) is 31.2 Å². The van der Waals surface area contributed by atoms with E-state index in [9.17, 15) is 14.9 Å². The second-order valence-electron chi connectivity index (χ2n) is 5.64. The minimum absolute atomic E-state index is 0.0114. The Morgan fingerprint density at radius 1 is 0.962 bits per heavy atom. The topological polar surface area (TPSA) is 81.5 Å². The molecule has 3 aromatic carbocycles. The maximum Gasteiger partial charge on any atom is 0.282 e. The van der Waals surface area contributed by atoms with Crippen LogP contribution in [-0.4, -0.2) is 10.8 Å². The van der Waals surface area contributed by atoms with Crippen molar-refractivity contribution in [2.75, 3.05) is 5.32 Å². The van der Waals surface area contributed by atoms with Crippen molar-refractivity contribution < 1.29 is 14.5 Å². The number of benzene rings is 3. The monoisotopic (exact) mass is 348 g/mol. The first kappa shape index (κ1) is 17.2. The number of para-hydroxylation sites is 3. The molecule has 26 heavy (non-hydrogen) atoms. The number of nitrogens with zero attached hydrogens (tertiary/aromatic N) is 1. The zero-order chi connectivity index (χ0) is 18.5. The Labute approximate surface area is 150 Å². The van der Waals surface area contributed by atoms with Crippen LogP contribution in [0.15, 0.2) is 72.8 Å². The Hall–Kier alpha value is -3.67. The highest BCUT2D eigenvalue weighted by Gasteiger charge is 2.20. The van der Waals surface area contributed by atoms with Crippen molar-refractivity contribution >= 4 is 17.3 Å². The number of carbonyl (C=O) groups excluding carboxylic acids is 1. The van der Waals surface area contributed by atoms with Crippen molar-refractivity contribution in [3.63, 3.8) is 0 Å². The molecule has 0 atom stereocenters. The van der Waals surface area contributed by atoms with Gasteiger partial charge in [-0.3, -0.25) is 14.9 Å². The molecule has 0 aliphatic carbocycles. The number of ether oxygens (including phenoxy) is 1. The van der Waals surface area contributed by atoms with E-state index in [1.165, 1.54) is 18.2 Å². The zero-order valence-electron chi connectivity index (χ0n) is 14.0. The molecule has 0 radical (unpaired) electrons. The number of aryl methyl sites for hydroxylation is 1. The Kier molecular flexibility index (Phi) is 4.94. The summed E-state index contributed by atoms with van der Waals surface area (Å²) in [5.41, 5.74) is 1.27. The fourth-order valence-electron chi connectivity index (χ4n) is 2.41. The van der Waals surface area contributed by atoms with Crippen LogP contribution in [0.4, 0.5) is 11.4 Å². The van der Waals surface area contributed by atoms with Gasteiger partial charge in [-0.25, -0.2) is 0 Å². The van der Waals surface area contributed by atoms with Gasteiger partial charge in [0.15, 0.2) is 5.75 Å². The zero-order valence-corrected chi connectivity index (χ0v) is 14.0. The normalized spacial score (nSPS) is 10.2. The Balaban J connectivity index is 1.86. The number of anilines is 1. The van der Waals surface area contributed by atoms with E-state index in [1.54, 1.807) is 30.3 Å². The maximum absolute atomic E-state index is 12.5. The minimum atomic E-state index is -0.580. The number of rotatable bonds is 5. The van der Waals surface area contributed by atoms with Gasteiger partial charge in [0.2, 0.25) is 0 Å². The first-order chi connectivity index (χ1) is 12.5. The largest absolute Gasteiger partial charge is 0.455 e. The van der Waals surface area contributed by atoms with Gasteiger partial charge in [0.1, 0.15) is 11.3 Å². The van der Waals surface area contributed by atoms with Crippen LogP contribution in [0.3, 0.4) is 0 Å². The van der Waals surface area contributed by atoms with E-state index < -0.39 is 10.8 Å². The number of hydrogen-bond acceptors (Lipinski definition) is 4. The molecule has 0 aliphatic rings. The van der Waals surface area contributed by atoms with E-state index >= 15 is 0 Å². The van der Waals surface area contributed by atoms with Crippen molar-refractivity contribution in [1.82, 2.24) is 0 Å². The van der Waals surface area contributed by atoms with Crippen molar-refractivity contribution in [3.8, 4) is 11.5 Å². The Bertz CT molecular complexity index is 952. The maximum atomic E-state index is 12.5. The quantitative estimate of drug-likeness (QED) is 0.522. The first-order valence-electron chi connectivity index (χ1n) is 7.93. The Morgan fingerprint density at radius 3 is 2.35 bits per heavy atom. The molecule has 3 rings (SSSR count). The summed E-state index contributed by atoms with van der Waals surface area (Å²) in [6.45, 7) is 1.98. The molecule has 0 saturated heterocycles. The first-order valence-corrected chi connectivity index (χ1v) is 7.93. The Morgan fingerprint density at radius 2 is 1.62 bits per heavy atom. The lowest BCUT2D eigenvalue weighted by atomic mass is 10.1. The molecular formula is C20H16N2O4. The summed E-state index contributed by atoms with van der Waals surface area (Å²) < 4.78 is 5.83. The van der Waals surface area contributed by atoms with E-state index in [4.69, 9.17) is 4.74 Å². The molecule has 0 fully saturated rings. The van der Waals surface area contributed by atoms with E-state index in [2.05, 4.69) is 5.32 Å². The van der Waals surface area contributed by atoms with Gasteiger partial charge >= 0.3 is 0 Å². The molecule has 0 spiro atoms. The highest BCUT2D eigenvalue weighted by molar-refractivity contribution is 6.07. The molecule has 0 saturated carbocycles. The van der Waals surface area contributed by atoms with Crippen molar-refractivity contribution in [2.24, 2.45) is 0 Å². The predicted octanol–water partition coefficient (Wildman–Crippen LogP) is 4.95. The average Bonchev–Trinajstić information content (AvgIpc) is 2.65. The van der Waals surface area contributed by atoms with E-state index in [-0.39, 0.29) is 11.3 Å². The molecule has 0 unspecified atom stereocenters. The summed E-state index contributed by atoms with van der Waals surface area (Å²) in [5, 5.41) is 13.8. The fraction of sp³-hybridized carbons (Fsp3) is 0.0500. The van der Waals surface area contributed by atoms with Gasteiger partial charge in [-0.05, 0) is 37.3 Å². The van der Waals surface area contributed by atoms with Crippen LogP contribution in [0.2, 0.25) is 0 Å². The lowest BCUT2D eigenvalue weighted by Crippen LogP contribution is -2.14. The molecule has 130 valence electrons. The predicted molar refractivity (Wildman–Crippen MR) is 98.7 cm³/mol. The number of nitro benzene ring substituents is 1. The smallest absolute Gasteiger partial charge is 0.282 e. The van der Waals surface area contributed by atoms with Gasteiger partial charge in [0.25, 0.3) is 11.6 Å². The number of carbonyl (C=O) groups is 1. The summed E-state index contributed by atoms with van der Waals surface area (Å²) in [6, 6.07) is 20.2. The third kappa shape index (κ3) is 3.87. The summed E-state index contributed by atoms with van der Waals surface area (Å²) in [6.07, 6.45) is 0. The lowest BCUT2D eigenvalue weighted by Gasteiger charge is -2.12. The van der Waals surface area contributed by atoms with E-state index in [0.29, 0.717) is 17.2 Å². The molecule has 6 nitrogen and oxygen atoms in total. The van der Waals surface area contributed by atoms with E-state index in [0.717, 1.165) is 5.56 Å².